The maximum Gasteiger partial charge on any atom is 0.369 e. The van der Waals surface area contributed by atoms with Crippen molar-refractivity contribution in [2.24, 2.45) is 4.99 Å². The zero-order chi connectivity index (χ0) is 15.2. The smallest absolute Gasteiger partial charge is 0.369 e. The lowest BCUT2D eigenvalue weighted by atomic mass is 9.94. The van der Waals surface area contributed by atoms with Crippen LogP contribution in [0.1, 0.15) is 32.1 Å². The molecule has 1 fully saturated rings. The van der Waals surface area contributed by atoms with Gasteiger partial charge in [-0.2, -0.15) is 0 Å². The van der Waals surface area contributed by atoms with Gasteiger partial charge in [0.2, 0.25) is 0 Å². The van der Waals surface area contributed by atoms with Gasteiger partial charge in [-0.05, 0) is 19.3 Å². The molecule has 0 radical (unpaired) electrons. The highest BCUT2D eigenvalue weighted by atomic mass is 31.2. The maximum atomic E-state index is 11.2. The molecule has 116 valence electrons. The van der Waals surface area contributed by atoms with E-state index in [4.69, 9.17) is 24.3 Å². The van der Waals surface area contributed by atoms with Gasteiger partial charge < -0.3 is 29.4 Å². The molecular formula is C9H17NO8P2. The summed E-state index contributed by atoms with van der Waals surface area (Å²) < 4.78 is 27.8. The van der Waals surface area contributed by atoms with E-state index >= 15 is 0 Å². The van der Waals surface area contributed by atoms with E-state index in [-0.39, 0.29) is 18.0 Å². The molecule has 20 heavy (non-hydrogen) atoms. The van der Waals surface area contributed by atoms with Gasteiger partial charge >= 0.3 is 15.2 Å². The summed E-state index contributed by atoms with van der Waals surface area (Å²) in [5.41, 5.74) is 0. The number of aliphatic hydroxyl groups is 1. The third-order valence-corrected chi connectivity index (χ3v) is 7.33. The Morgan fingerprint density at radius 1 is 1.15 bits per heavy atom. The maximum absolute atomic E-state index is 11.2. The van der Waals surface area contributed by atoms with Crippen molar-refractivity contribution in [1.29, 1.82) is 0 Å². The molecule has 0 saturated heterocycles. The van der Waals surface area contributed by atoms with Crippen molar-refractivity contribution in [2.45, 2.75) is 49.3 Å². The van der Waals surface area contributed by atoms with E-state index in [0.29, 0.717) is 0 Å². The fourth-order valence-electron chi connectivity index (χ4n) is 2.42. The van der Waals surface area contributed by atoms with E-state index in [0.717, 1.165) is 25.7 Å². The van der Waals surface area contributed by atoms with Crippen LogP contribution in [0.2, 0.25) is 0 Å². The normalized spacial score (nSPS) is 27.8. The van der Waals surface area contributed by atoms with E-state index in [1.54, 1.807) is 0 Å². The van der Waals surface area contributed by atoms with E-state index in [2.05, 4.69) is 4.99 Å². The van der Waals surface area contributed by atoms with Crippen LogP contribution in [-0.2, 0) is 13.9 Å². The molecule has 2 unspecified atom stereocenters. The summed E-state index contributed by atoms with van der Waals surface area (Å²) in [4.78, 5) is 40.3. The van der Waals surface area contributed by atoms with Gasteiger partial charge in [-0.25, -0.2) is 4.99 Å². The van der Waals surface area contributed by atoms with E-state index < -0.39 is 26.7 Å². The monoisotopic (exact) mass is 329 g/mol. The Morgan fingerprint density at radius 2 is 1.70 bits per heavy atom. The number of fused-ring (bicyclic) bond motifs is 1. The fraction of sp³-hybridized carbons (Fsp3) is 0.889. The van der Waals surface area contributed by atoms with E-state index in [1.807, 2.05) is 0 Å². The van der Waals surface area contributed by atoms with Crippen LogP contribution in [0.25, 0.3) is 0 Å². The molecule has 9 nitrogen and oxygen atoms in total. The van der Waals surface area contributed by atoms with Crippen molar-refractivity contribution in [1.82, 2.24) is 0 Å². The van der Waals surface area contributed by atoms with Gasteiger partial charge in [0, 0.05) is 0 Å². The van der Waals surface area contributed by atoms with Crippen LogP contribution in [-0.4, -0.2) is 47.8 Å². The first-order chi connectivity index (χ1) is 9.04. The van der Waals surface area contributed by atoms with Gasteiger partial charge in [0.1, 0.15) is 6.10 Å². The van der Waals surface area contributed by atoms with Crippen molar-refractivity contribution in [2.75, 3.05) is 0 Å². The van der Waals surface area contributed by atoms with Crippen LogP contribution in [0.5, 0.6) is 0 Å². The molecule has 0 spiro atoms. The molecule has 11 heteroatoms. The number of ether oxygens (including phenoxy) is 1. The molecule has 1 aliphatic carbocycles. The molecule has 0 bridgehead atoms. The molecule has 0 aromatic carbocycles. The Hall–Kier alpha value is -0.270. The lowest BCUT2D eigenvalue weighted by Gasteiger charge is -2.29. The summed E-state index contributed by atoms with van der Waals surface area (Å²) in [5, 5.41) is 6.30. The van der Waals surface area contributed by atoms with Crippen molar-refractivity contribution in [3.05, 3.63) is 0 Å². The van der Waals surface area contributed by atoms with E-state index in [9.17, 15) is 14.2 Å². The average Bonchev–Trinajstić information content (AvgIpc) is 2.67. The third kappa shape index (κ3) is 2.85. The predicted octanol–water partition coefficient (Wildman–Crippen LogP) is 0.118. The Balaban J connectivity index is 2.22. The molecule has 2 rings (SSSR count). The second-order valence-electron chi connectivity index (χ2n) is 5.07. The highest BCUT2D eigenvalue weighted by Gasteiger charge is 2.61. The first-order valence-corrected chi connectivity index (χ1v) is 9.34. The standard InChI is InChI=1S/C9H17NO8P2/c11-9(19(12,13)14,20(15,16)17)5-8-10-6-3-1-2-4-7(6)18-8/h6-7,11H,1-5H2,(H2,12,13,14)(H2,15,16,17). The lowest BCUT2D eigenvalue weighted by Crippen LogP contribution is -2.32. The van der Waals surface area contributed by atoms with E-state index in [1.165, 1.54) is 0 Å². The fourth-order valence-corrected chi connectivity index (χ4v) is 4.46. The Labute approximate surface area is 115 Å². The molecule has 1 saturated carbocycles. The second-order valence-corrected chi connectivity index (χ2v) is 9.08. The van der Waals surface area contributed by atoms with Gasteiger partial charge in [-0.1, -0.05) is 6.42 Å². The number of hydrogen-bond donors (Lipinski definition) is 5. The van der Waals surface area contributed by atoms with Gasteiger partial charge in [0.25, 0.3) is 5.08 Å². The van der Waals surface area contributed by atoms with Crippen molar-refractivity contribution in [3.8, 4) is 0 Å². The topological polar surface area (TPSA) is 157 Å². The molecule has 2 atom stereocenters. The average molecular weight is 329 g/mol. The van der Waals surface area contributed by atoms with Gasteiger partial charge in [0.15, 0.2) is 5.90 Å². The number of hydrogen-bond acceptors (Lipinski definition) is 5. The van der Waals surface area contributed by atoms with Crippen LogP contribution in [0.15, 0.2) is 4.99 Å². The van der Waals surface area contributed by atoms with Crippen molar-refractivity contribution in [3.63, 3.8) is 0 Å². The second kappa shape index (κ2) is 5.18. The summed E-state index contributed by atoms with van der Waals surface area (Å²) in [7, 11) is -10.9. The summed E-state index contributed by atoms with van der Waals surface area (Å²) in [5.74, 6) is -0.212. The summed E-state index contributed by atoms with van der Waals surface area (Å²) in [6, 6.07) is -0.170. The molecule has 1 aliphatic heterocycles. The van der Waals surface area contributed by atoms with Crippen LogP contribution in [0.3, 0.4) is 0 Å². The van der Waals surface area contributed by atoms with Gasteiger partial charge in [-0.15, -0.1) is 0 Å². The molecule has 1 heterocycles. The van der Waals surface area contributed by atoms with Gasteiger partial charge in [0.05, 0.1) is 12.5 Å². The lowest BCUT2D eigenvalue weighted by molar-refractivity contribution is 0.116. The van der Waals surface area contributed by atoms with Crippen LogP contribution >= 0.6 is 15.2 Å². The minimum Gasteiger partial charge on any atom is -0.475 e. The first-order valence-electron chi connectivity index (χ1n) is 6.11. The number of rotatable bonds is 4. The molecule has 2 aliphatic rings. The summed E-state index contributed by atoms with van der Waals surface area (Å²) in [6.07, 6.45) is 2.11. The Bertz CT molecular complexity index is 486. The first kappa shape index (κ1) is 16.1. The molecule has 0 aromatic rings. The summed E-state index contributed by atoms with van der Waals surface area (Å²) >= 11 is 0. The minimum absolute atomic E-state index is 0.170. The predicted molar refractivity (Wildman–Crippen MR) is 68.2 cm³/mol. The van der Waals surface area contributed by atoms with Crippen LogP contribution in [0, 0.1) is 0 Å². The largest absolute Gasteiger partial charge is 0.475 e. The number of aliphatic imine (C=N–C) groups is 1. The highest BCUT2D eigenvalue weighted by Crippen LogP contribution is 2.69. The molecule has 0 amide bonds. The van der Waals surface area contributed by atoms with Crippen LogP contribution in [0.4, 0.5) is 0 Å². The molecule has 0 aromatic heterocycles. The summed E-state index contributed by atoms with van der Waals surface area (Å²) in [6.45, 7) is 0. The zero-order valence-corrected chi connectivity index (χ0v) is 12.3. The quantitative estimate of drug-likeness (QED) is 0.455. The SMILES string of the molecule is O=P(O)(O)C(O)(CC1=NC2CCCCC2O1)P(=O)(O)O. The van der Waals surface area contributed by atoms with Crippen molar-refractivity contribution >= 4 is 21.1 Å². The molecule has 5 N–H and O–H groups in total. The highest BCUT2D eigenvalue weighted by molar-refractivity contribution is 7.72. The number of nitrogens with zero attached hydrogens (tertiary/aromatic N) is 1. The minimum atomic E-state index is -5.47. The third-order valence-electron chi connectivity index (χ3n) is 3.59. The van der Waals surface area contributed by atoms with Gasteiger partial charge in [-0.3, -0.25) is 9.13 Å². The zero-order valence-electron chi connectivity index (χ0n) is 10.5. The Kier molecular flexibility index (Phi) is 4.17. The Morgan fingerprint density at radius 3 is 2.20 bits per heavy atom. The molecular weight excluding hydrogens is 312 g/mol. The van der Waals surface area contributed by atoms with Crippen LogP contribution < -0.4 is 0 Å². The van der Waals surface area contributed by atoms with Crippen molar-refractivity contribution < 1.29 is 38.5 Å².